The van der Waals surface area contributed by atoms with Crippen LogP contribution in [0.5, 0.6) is 0 Å². The molecule has 0 bridgehead atoms. The van der Waals surface area contributed by atoms with Gasteiger partial charge in [0.05, 0.1) is 13.7 Å². The van der Waals surface area contributed by atoms with Crippen molar-refractivity contribution in [3.8, 4) is 0 Å². The molecule has 0 aliphatic rings. The predicted octanol–water partition coefficient (Wildman–Crippen LogP) is 3.32. The van der Waals surface area contributed by atoms with Gasteiger partial charge < -0.3 is 20.1 Å². The van der Waals surface area contributed by atoms with Gasteiger partial charge in [-0.1, -0.05) is 36.4 Å². The summed E-state index contributed by atoms with van der Waals surface area (Å²) in [4.78, 5) is 23.9. The number of rotatable bonds is 5. The van der Waals surface area contributed by atoms with Crippen LogP contribution in [0.1, 0.15) is 20.8 Å². The highest BCUT2D eigenvalue weighted by atomic mass is 16.6. The number of hydrogen-bond acceptors (Lipinski definition) is 5. The lowest BCUT2D eigenvalue weighted by molar-refractivity contribution is -0.141. The van der Waals surface area contributed by atoms with Gasteiger partial charge in [0.25, 0.3) is 0 Å². The zero-order chi connectivity index (χ0) is 18.4. The quantitative estimate of drug-likeness (QED) is 0.814. The van der Waals surface area contributed by atoms with Gasteiger partial charge in [-0.25, -0.2) is 9.59 Å². The molecule has 0 unspecified atom stereocenters. The van der Waals surface area contributed by atoms with Crippen molar-refractivity contribution in [3.63, 3.8) is 0 Å². The van der Waals surface area contributed by atoms with Crippen LogP contribution < -0.4 is 10.6 Å². The number of hydrogen-bond donors (Lipinski definition) is 2. The van der Waals surface area contributed by atoms with Crippen LogP contribution in [0.4, 0.5) is 10.5 Å². The van der Waals surface area contributed by atoms with Crippen molar-refractivity contribution in [1.82, 2.24) is 5.32 Å². The van der Waals surface area contributed by atoms with Gasteiger partial charge >= 0.3 is 12.1 Å². The normalized spacial score (nSPS) is 12.3. The molecule has 0 saturated carbocycles. The van der Waals surface area contributed by atoms with Crippen molar-refractivity contribution in [2.75, 3.05) is 19.0 Å². The van der Waals surface area contributed by atoms with E-state index in [-0.39, 0.29) is 6.54 Å². The van der Waals surface area contributed by atoms with Crippen molar-refractivity contribution in [3.05, 3.63) is 42.5 Å². The molecule has 0 fully saturated rings. The maximum atomic E-state index is 12.1. The summed E-state index contributed by atoms with van der Waals surface area (Å²) in [6.07, 6.45) is -0.582. The molecule has 0 aliphatic heterocycles. The summed E-state index contributed by atoms with van der Waals surface area (Å²) in [5.41, 5.74) is 0.188. The summed E-state index contributed by atoms with van der Waals surface area (Å²) >= 11 is 0. The number of esters is 1. The Morgan fingerprint density at radius 1 is 1.08 bits per heavy atom. The number of ether oxygens (including phenoxy) is 2. The highest BCUT2D eigenvalue weighted by Gasteiger charge is 2.22. The molecule has 25 heavy (non-hydrogen) atoms. The minimum atomic E-state index is -0.733. The van der Waals surface area contributed by atoms with E-state index in [1.807, 2.05) is 42.5 Å². The third-order valence-electron chi connectivity index (χ3n) is 3.45. The largest absolute Gasteiger partial charge is 0.467 e. The topological polar surface area (TPSA) is 76.7 Å². The third-order valence-corrected chi connectivity index (χ3v) is 3.45. The molecule has 134 valence electrons. The molecule has 1 atom stereocenters. The first-order valence-electron chi connectivity index (χ1n) is 8.09. The number of nitrogens with one attached hydrogen (secondary N) is 2. The Labute approximate surface area is 147 Å². The van der Waals surface area contributed by atoms with E-state index >= 15 is 0 Å². The summed E-state index contributed by atoms with van der Waals surface area (Å²) in [5, 5.41) is 7.78. The monoisotopic (exact) mass is 344 g/mol. The Bertz CT molecular complexity index is 747. The SMILES string of the molecule is COC(=O)[C@H](CNC(=O)OC(C)(C)C)Nc1cccc2ccccc12. The fraction of sp³-hybridized carbons (Fsp3) is 0.368. The molecule has 2 aromatic rings. The van der Waals surface area contributed by atoms with Crippen LogP contribution in [-0.4, -0.2) is 37.4 Å². The van der Waals surface area contributed by atoms with Gasteiger partial charge in [-0.15, -0.1) is 0 Å². The number of anilines is 1. The molecular formula is C19H24N2O4. The van der Waals surface area contributed by atoms with Gasteiger partial charge in [0.15, 0.2) is 0 Å². The van der Waals surface area contributed by atoms with E-state index in [1.54, 1.807) is 20.8 Å². The molecule has 0 radical (unpaired) electrons. The van der Waals surface area contributed by atoms with Crippen LogP contribution >= 0.6 is 0 Å². The van der Waals surface area contributed by atoms with Gasteiger partial charge in [-0.3, -0.25) is 0 Å². The minimum Gasteiger partial charge on any atom is -0.467 e. The number of fused-ring (bicyclic) bond motifs is 1. The third kappa shape index (κ3) is 5.38. The van der Waals surface area contributed by atoms with Crippen LogP contribution in [0.3, 0.4) is 0 Å². The number of alkyl carbamates (subject to hydrolysis) is 1. The number of amides is 1. The first-order chi connectivity index (χ1) is 11.8. The maximum absolute atomic E-state index is 12.1. The number of methoxy groups -OCH3 is 1. The molecule has 1 amide bonds. The highest BCUT2D eigenvalue weighted by Crippen LogP contribution is 2.23. The second-order valence-electron chi connectivity index (χ2n) is 6.63. The number of carbonyl (C=O) groups is 2. The standard InChI is InChI=1S/C19H24N2O4/c1-19(2,3)25-18(23)20-12-16(17(22)24-4)21-15-11-7-9-13-8-5-6-10-14(13)15/h5-11,16,21H,12H2,1-4H3,(H,20,23)/t16-/m0/s1. The molecule has 0 aliphatic carbocycles. The zero-order valence-corrected chi connectivity index (χ0v) is 15.0. The lowest BCUT2D eigenvalue weighted by atomic mass is 10.1. The summed E-state index contributed by atoms with van der Waals surface area (Å²) < 4.78 is 10.0. The molecule has 6 heteroatoms. The van der Waals surface area contributed by atoms with E-state index in [4.69, 9.17) is 9.47 Å². The predicted molar refractivity (Wildman–Crippen MR) is 97.6 cm³/mol. The van der Waals surface area contributed by atoms with Crippen molar-refractivity contribution < 1.29 is 19.1 Å². The van der Waals surface area contributed by atoms with E-state index in [0.717, 1.165) is 16.5 Å². The molecule has 2 N–H and O–H groups in total. The molecule has 0 aromatic heterocycles. The smallest absolute Gasteiger partial charge is 0.407 e. The van der Waals surface area contributed by atoms with Crippen LogP contribution in [0.2, 0.25) is 0 Å². The van der Waals surface area contributed by atoms with E-state index in [1.165, 1.54) is 7.11 Å². The summed E-state index contributed by atoms with van der Waals surface area (Å²) in [6, 6.07) is 12.9. The summed E-state index contributed by atoms with van der Waals surface area (Å²) in [5.74, 6) is -0.469. The maximum Gasteiger partial charge on any atom is 0.407 e. The van der Waals surface area contributed by atoms with Crippen molar-refractivity contribution >= 4 is 28.5 Å². The average Bonchev–Trinajstić information content (AvgIpc) is 2.56. The van der Waals surface area contributed by atoms with Gasteiger partial charge in [-0.05, 0) is 32.2 Å². The van der Waals surface area contributed by atoms with E-state index in [0.29, 0.717) is 0 Å². The molecule has 6 nitrogen and oxygen atoms in total. The second kappa shape index (κ2) is 7.88. The first kappa shape index (κ1) is 18.6. The highest BCUT2D eigenvalue weighted by molar-refractivity contribution is 5.95. The molecule has 0 heterocycles. The Morgan fingerprint density at radius 2 is 1.76 bits per heavy atom. The fourth-order valence-electron chi connectivity index (χ4n) is 2.37. The van der Waals surface area contributed by atoms with Gasteiger partial charge in [-0.2, -0.15) is 0 Å². The van der Waals surface area contributed by atoms with Gasteiger partial charge in [0, 0.05) is 11.1 Å². The molecule has 0 saturated heterocycles. The molecular weight excluding hydrogens is 320 g/mol. The van der Waals surface area contributed by atoms with Gasteiger partial charge in [0.1, 0.15) is 11.6 Å². The fourth-order valence-corrected chi connectivity index (χ4v) is 2.37. The van der Waals surface area contributed by atoms with E-state index < -0.39 is 23.7 Å². The van der Waals surface area contributed by atoms with Crippen molar-refractivity contribution in [2.24, 2.45) is 0 Å². The van der Waals surface area contributed by atoms with E-state index in [9.17, 15) is 9.59 Å². The lowest BCUT2D eigenvalue weighted by Gasteiger charge is -2.22. The van der Waals surface area contributed by atoms with Crippen LogP contribution in [0.25, 0.3) is 10.8 Å². The zero-order valence-electron chi connectivity index (χ0n) is 15.0. The number of carbonyl (C=O) groups excluding carboxylic acids is 2. The Morgan fingerprint density at radius 3 is 2.44 bits per heavy atom. The van der Waals surface area contributed by atoms with Gasteiger partial charge in [0.2, 0.25) is 0 Å². The molecule has 2 rings (SSSR count). The van der Waals surface area contributed by atoms with E-state index in [2.05, 4.69) is 10.6 Å². The lowest BCUT2D eigenvalue weighted by Crippen LogP contribution is -2.43. The average molecular weight is 344 g/mol. The minimum absolute atomic E-state index is 0.0464. The van der Waals surface area contributed by atoms with Crippen molar-refractivity contribution in [1.29, 1.82) is 0 Å². The van der Waals surface area contributed by atoms with Crippen LogP contribution in [0.15, 0.2) is 42.5 Å². The van der Waals surface area contributed by atoms with Crippen molar-refractivity contribution in [2.45, 2.75) is 32.4 Å². The van der Waals surface area contributed by atoms with Crippen LogP contribution in [-0.2, 0) is 14.3 Å². The molecule has 2 aromatic carbocycles. The Hall–Kier alpha value is -2.76. The molecule has 0 spiro atoms. The second-order valence-corrected chi connectivity index (χ2v) is 6.63. The first-order valence-corrected chi connectivity index (χ1v) is 8.09. The Balaban J connectivity index is 2.12. The number of benzene rings is 2. The summed E-state index contributed by atoms with van der Waals surface area (Å²) in [6.45, 7) is 5.38. The summed E-state index contributed by atoms with van der Waals surface area (Å²) in [7, 11) is 1.31. The van der Waals surface area contributed by atoms with Crippen LogP contribution in [0, 0.1) is 0 Å². The Kier molecular flexibility index (Phi) is 5.85.